The Kier molecular flexibility index (Phi) is 5.45. The molecule has 1 aliphatic heterocycles. The molecule has 2 aromatic heterocycles. The monoisotopic (exact) mass is 434 g/mol. The lowest BCUT2D eigenvalue weighted by Crippen LogP contribution is -2.32. The number of rotatable bonds is 7. The first-order chi connectivity index (χ1) is 15.3. The zero-order valence-electron chi connectivity index (χ0n) is 17.5. The Balaban J connectivity index is 1.64. The minimum Gasteiger partial charge on any atom is -0.477 e. The lowest BCUT2D eigenvalue weighted by molar-refractivity contribution is 0.0696. The third-order valence-electron chi connectivity index (χ3n) is 5.22. The highest BCUT2D eigenvalue weighted by molar-refractivity contribution is 6.00. The number of aromatic nitrogens is 3. The molecule has 0 saturated heterocycles. The first kappa shape index (κ1) is 21.2. The van der Waals surface area contributed by atoms with E-state index in [1.54, 1.807) is 36.7 Å². The number of carboxylic acids is 1. The van der Waals surface area contributed by atoms with Crippen molar-refractivity contribution in [3.8, 4) is 0 Å². The number of aromatic carboxylic acids is 1. The van der Waals surface area contributed by atoms with Crippen LogP contribution in [0, 0.1) is 0 Å². The van der Waals surface area contributed by atoms with Gasteiger partial charge in [-0.3, -0.25) is 9.78 Å². The summed E-state index contributed by atoms with van der Waals surface area (Å²) in [6.45, 7) is 3.53. The lowest BCUT2D eigenvalue weighted by Gasteiger charge is -2.20. The summed E-state index contributed by atoms with van der Waals surface area (Å²) in [5.41, 5.74) is 2.12. The highest BCUT2D eigenvalue weighted by Crippen LogP contribution is 2.33. The molecule has 0 bridgehead atoms. The summed E-state index contributed by atoms with van der Waals surface area (Å²) in [4.78, 5) is 36.2. The Morgan fingerprint density at radius 1 is 1.25 bits per heavy atom. The van der Waals surface area contributed by atoms with Crippen molar-refractivity contribution >= 4 is 29.3 Å². The molecule has 1 unspecified atom stereocenters. The number of nitrogens with one attached hydrogen (secondary N) is 3. The molecule has 1 amide bonds. The summed E-state index contributed by atoms with van der Waals surface area (Å²) in [5.74, 6) is -1.12. The largest absolute Gasteiger partial charge is 0.477 e. The van der Waals surface area contributed by atoms with Crippen molar-refractivity contribution in [1.82, 2.24) is 20.3 Å². The van der Waals surface area contributed by atoms with E-state index in [1.165, 1.54) is 6.20 Å². The molecule has 0 spiro atoms. The molecule has 10 nitrogen and oxygen atoms in total. The molecule has 0 fully saturated rings. The fraction of sp³-hybridized carbons (Fsp3) is 0.227. The number of amides is 1. The van der Waals surface area contributed by atoms with E-state index in [0.29, 0.717) is 16.8 Å². The molecule has 1 aromatic carbocycles. The molecule has 0 radical (unpaired) electrons. The van der Waals surface area contributed by atoms with Gasteiger partial charge < -0.3 is 26.2 Å². The van der Waals surface area contributed by atoms with E-state index in [9.17, 15) is 19.8 Å². The average Bonchev–Trinajstić information content (AvgIpc) is 3.00. The number of hydrogen-bond donors (Lipinski definition) is 5. The number of nitrogens with zero attached hydrogens (tertiary/aromatic N) is 3. The number of pyridine rings is 1. The van der Waals surface area contributed by atoms with Crippen molar-refractivity contribution in [3.63, 3.8) is 0 Å². The topological polar surface area (TPSA) is 149 Å². The fourth-order valence-corrected chi connectivity index (χ4v) is 3.57. The van der Waals surface area contributed by atoms with Crippen LogP contribution >= 0.6 is 0 Å². The highest BCUT2D eigenvalue weighted by Gasteiger charge is 2.35. The Morgan fingerprint density at radius 3 is 2.75 bits per heavy atom. The zero-order valence-corrected chi connectivity index (χ0v) is 17.5. The molecule has 10 heteroatoms. The second kappa shape index (κ2) is 8.23. The number of fused-ring (bicyclic) bond motifs is 1. The van der Waals surface area contributed by atoms with E-state index in [4.69, 9.17) is 0 Å². The molecule has 0 aliphatic carbocycles. The number of benzene rings is 1. The van der Waals surface area contributed by atoms with E-state index < -0.39 is 17.6 Å². The van der Waals surface area contributed by atoms with Crippen molar-refractivity contribution in [3.05, 3.63) is 71.2 Å². The smallest absolute Gasteiger partial charge is 0.341 e. The molecule has 32 heavy (non-hydrogen) atoms. The van der Waals surface area contributed by atoms with E-state index in [-0.39, 0.29) is 29.8 Å². The third-order valence-corrected chi connectivity index (χ3v) is 5.22. The highest BCUT2D eigenvalue weighted by atomic mass is 16.4. The molecule has 3 heterocycles. The number of anilines is 3. The Hall–Kier alpha value is -4.05. The summed E-state index contributed by atoms with van der Waals surface area (Å²) >= 11 is 0. The van der Waals surface area contributed by atoms with Crippen molar-refractivity contribution in [2.24, 2.45) is 0 Å². The van der Waals surface area contributed by atoms with Gasteiger partial charge in [-0.2, -0.15) is 4.98 Å². The lowest BCUT2D eigenvalue weighted by atomic mass is 9.94. The van der Waals surface area contributed by atoms with Crippen LogP contribution < -0.4 is 16.0 Å². The van der Waals surface area contributed by atoms with Crippen LogP contribution in [0.15, 0.2) is 48.9 Å². The van der Waals surface area contributed by atoms with Crippen molar-refractivity contribution in [2.45, 2.75) is 25.4 Å². The molecule has 5 N–H and O–H groups in total. The van der Waals surface area contributed by atoms with Gasteiger partial charge in [-0.05, 0) is 49.2 Å². The maximum Gasteiger partial charge on any atom is 0.341 e. The van der Waals surface area contributed by atoms with E-state index in [1.807, 2.05) is 19.9 Å². The summed E-state index contributed by atoms with van der Waals surface area (Å²) in [5, 5.41) is 28.3. The minimum atomic E-state index is -1.20. The number of carbonyl (C=O) groups is 2. The van der Waals surface area contributed by atoms with Crippen LogP contribution in [0.1, 0.15) is 51.7 Å². The van der Waals surface area contributed by atoms with Gasteiger partial charge in [0.2, 0.25) is 5.95 Å². The van der Waals surface area contributed by atoms with Gasteiger partial charge in [0.1, 0.15) is 11.4 Å². The number of aliphatic hydroxyl groups excluding tert-OH is 1. The second-order valence-electron chi connectivity index (χ2n) is 7.89. The maximum absolute atomic E-state index is 12.1. The van der Waals surface area contributed by atoms with Gasteiger partial charge in [-0.15, -0.1) is 0 Å². The fourth-order valence-electron chi connectivity index (χ4n) is 3.57. The van der Waals surface area contributed by atoms with E-state index in [0.717, 1.165) is 5.56 Å². The van der Waals surface area contributed by atoms with Crippen LogP contribution in [-0.2, 0) is 5.54 Å². The molecule has 1 aliphatic rings. The van der Waals surface area contributed by atoms with E-state index >= 15 is 0 Å². The zero-order chi connectivity index (χ0) is 22.9. The predicted octanol–water partition coefficient (Wildman–Crippen LogP) is 2.44. The molecule has 1 atom stereocenters. The number of carboxylic acid groups (broad SMARTS) is 1. The van der Waals surface area contributed by atoms with Gasteiger partial charge in [-0.1, -0.05) is 6.07 Å². The second-order valence-corrected chi connectivity index (χ2v) is 7.89. The molecule has 164 valence electrons. The summed E-state index contributed by atoms with van der Waals surface area (Å²) < 4.78 is 0. The Bertz CT molecular complexity index is 1180. The van der Waals surface area contributed by atoms with Gasteiger partial charge >= 0.3 is 5.97 Å². The van der Waals surface area contributed by atoms with Gasteiger partial charge in [-0.25, -0.2) is 9.78 Å². The summed E-state index contributed by atoms with van der Waals surface area (Å²) in [6, 6.07) is 8.16. The van der Waals surface area contributed by atoms with Crippen LogP contribution in [0.2, 0.25) is 0 Å². The standard InChI is InChI=1S/C22H22N6O4/c1-22(2)16-8-13(5-6-14(16)19(30)28-22)25-21-24-10-15(20(31)32)18(27-21)26-17(11-29)12-4-3-7-23-9-12/h3-10,17,29H,11H2,1-2H3,(H,28,30)(H,31,32)(H2,24,25,26,27). The Morgan fingerprint density at radius 2 is 2.06 bits per heavy atom. The Labute approximate surface area is 183 Å². The van der Waals surface area contributed by atoms with Crippen LogP contribution in [0.25, 0.3) is 0 Å². The van der Waals surface area contributed by atoms with Gasteiger partial charge in [0.25, 0.3) is 5.91 Å². The van der Waals surface area contributed by atoms with Gasteiger partial charge in [0.15, 0.2) is 0 Å². The van der Waals surface area contributed by atoms with Crippen LogP contribution in [0.4, 0.5) is 17.5 Å². The van der Waals surface area contributed by atoms with Crippen LogP contribution in [0.5, 0.6) is 0 Å². The molecule has 0 saturated carbocycles. The third kappa shape index (κ3) is 4.08. The van der Waals surface area contributed by atoms with E-state index in [2.05, 4.69) is 30.9 Å². The average molecular weight is 434 g/mol. The van der Waals surface area contributed by atoms with Crippen molar-refractivity contribution in [2.75, 3.05) is 17.2 Å². The SMILES string of the molecule is CC1(C)NC(=O)c2ccc(Nc3ncc(C(=O)O)c(NC(CO)c4cccnc4)n3)cc21. The number of hydrogen-bond acceptors (Lipinski definition) is 8. The first-order valence-corrected chi connectivity index (χ1v) is 9.90. The molecule has 3 aromatic rings. The minimum absolute atomic E-state index is 0.0521. The number of aliphatic hydroxyl groups is 1. The summed E-state index contributed by atoms with van der Waals surface area (Å²) in [7, 11) is 0. The van der Waals surface area contributed by atoms with Gasteiger partial charge in [0, 0.05) is 29.8 Å². The maximum atomic E-state index is 12.1. The quantitative estimate of drug-likeness (QED) is 0.378. The van der Waals surface area contributed by atoms with Gasteiger partial charge in [0.05, 0.1) is 18.2 Å². The normalized spacial score (nSPS) is 14.9. The molecular formula is C22H22N6O4. The molecular weight excluding hydrogens is 412 g/mol. The van der Waals surface area contributed by atoms with Crippen LogP contribution in [0.3, 0.4) is 0 Å². The first-order valence-electron chi connectivity index (χ1n) is 9.90. The molecule has 4 rings (SSSR count). The van der Waals surface area contributed by atoms with Crippen molar-refractivity contribution < 1.29 is 19.8 Å². The summed E-state index contributed by atoms with van der Waals surface area (Å²) in [6.07, 6.45) is 4.38. The van der Waals surface area contributed by atoms with Crippen LogP contribution in [-0.4, -0.2) is 43.6 Å². The number of carbonyl (C=O) groups excluding carboxylic acids is 1. The van der Waals surface area contributed by atoms with Crippen molar-refractivity contribution in [1.29, 1.82) is 0 Å². The predicted molar refractivity (Wildman–Crippen MR) is 117 cm³/mol.